The van der Waals surface area contributed by atoms with Crippen LogP contribution in [0.3, 0.4) is 0 Å². The highest BCUT2D eigenvalue weighted by atomic mass is 35.5. The van der Waals surface area contributed by atoms with E-state index in [0.29, 0.717) is 5.92 Å². The van der Waals surface area contributed by atoms with E-state index in [1.165, 1.54) is 29.3 Å². The molecule has 3 rings (SSSR count). The molecule has 4 heteroatoms. The van der Waals surface area contributed by atoms with Crippen LogP contribution < -0.4 is 10.5 Å². The highest BCUT2D eigenvalue weighted by Crippen LogP contribution is 2.23. The van der Waals surface area contributed by atoms with Gasteiger partial charge in [0.1, 0.15) is 5.75 Å². The molecule has 1 unspecified atom stereocenters. The summed E-state index contributed by atoms with van der Waals surface area (Å²) in [5.41, 5.74) is 7.13. The van der Waals surface area contributed by atoms with Gasteiger partial charge in [-0.25, -0.2) is 0 Å². The van der Waals surface area contributed by atoms with E-state index in [9.17, 15) is 0 Å². The first kappa shape index (κ1) is 16.1. The first-order chi connectivity index (χ1) is 9.78. The van der Waals surface area contributed by atoms with E-state index in [0.717, 1.165) is 25.4 Å². The third-order valence-electron chi connectivity index (χ3n) is 4.22. The van der Waals surface area contributed by atoms with Gasteiger partial charge in [0.15, 0.2) is 0 Å². The maximum Gasteiger partial charge on any atom is 0.119 e. The Bertz CT molecular complexity index is 602. The number of halogens is 1. The van der Waals surface area contributed by atoms with Crippen molar-refractivity contribution < 1.29 is 4.74 Å². The fraction of sp³-hybridized carbons (Fsp3) is 0.412. The molecule has 2 N–H and O–H groups in total. The van der Waals surface area contributed by atoms with Gasteiger partial charge in [0, 0.05) is 13.1 Å². The lowest BCUT2D eigenvalue weighted by atomic mass is 10.1. The summed E-state index contributed by atoms with van der Waals surface area (Å²) in [5, 5.41) is 2.51. The number of likely N-dealkylation sites (tertiary alicyclic amines) is 1. The van der Waals surface area contributed by atoms with Crippen LogP contribution in [0.4, 0.5) is 0 Å². The summed E-state index contributed by atoms with van der Waals surface area (Å²) in [6.07, 6.45) is 1.24. The molecule has 0 aliphatic carbocycles. The Labute approximate surface area is 132 Å². The normalized spacial score (nSPS) is 18.7. The number of ether oxygens (including phenoxy) is 1. The van der Waals surface area contributed by atoms with Crippen molar-refractivity contribution in [1.29, 1.82) is 0 Å². The number of benzene rings is 2. The molecule has 0 bridgehead atoms. The molecular formula is C17H23ClN2O. The molecule has 0 spiro atoms. The second-order valence-electron chi connectivity index (χ2n) is 5.67. The van der Waals surface area contributed by atoms with Gasteiger partial charge in [-0.3, -0.25) is 4.90 Å². The van der Waals surface area contributed by atoms with Gasteiger partial charge in [-0.05, 0) is 60.0 Å². The van der Waals surface area contributed by atoms with Crippen LogP contribution in [-0.2, 0) is 6.54 Å². The smallest absolute Gasteiger partial charge is 0.119 e. The van der Waals surface area contributed by atoms with Crippen molar-refractivity contribution in [3.63, 3.8) is 0 Å². The van der Waals surface area contributed by atoms with Gasteiger partial charge < -0.3 is 10.5 Å². The van der Waals surface area contributed by atoms with Crippen LogP contribution in [0.1, 0.15) is 12.0 Å². The van der Waals surface area contributed by atoms with E-state index in [2.05, 4.69) is 35.2 Å². The Hall–Kier alpha value is -1.29. The average Bonchev–Trinajstić information content (AvgIpc) is 2.94. The minimum absolute atomic E-state index is 0. The lowest BCUT2D eigenvalue weighted by Gasteiger charge is -2.16. The highest BCUT2D eigenvalue weighted by Gasteiger charge is 2.20. The number of hydrogen-bond acceptors (Lipinski definition) is 3. The maximum atomic E-state index is 5.75. The molecule has 1 fully saturated rings. The van der Waals surface area contributed by atoms with Gasteiger partial charge >= 0.3 is 0 Å². The fourth-order valence-electron chi connectivity index (χ4n) is 3.01. The zero-order valence-electron chi connectivity index (χ0n) is 12.4. The Morgan fingerprint density at radius 2 is 1.95 bits per heavy atom. The van der Waals surface area contributed by atoms with Crippen molar-refractivity contribution in [3.8, 4) is 5.75 Å². The van der Waals surface area contributed by atoms with Crippen LogP contribution in [-0.4, -0.2) is 31.6 Å². The molecule has 1 atom stereocenters. The molecule has 0 aromatic heterocycles. The third kappa shape index (κ3) is 3.67. The first-order valence-corrected chi connectivity index (χ1v) is 7.27. The molecule has 1 saturated heterocycles. The summed E-state index contributed by atoms with van der Waals surface area (Å²) >= 11 is 0. The van der Waals surface area contributed by atoms with E-state index in [4.69, 9.17) is 10.5 Å². The lowest BCUT2D eigenvalue weighted by Crippen LogP contribution is -2.22. The molecule has 21 heavy (non-hydrogen) atoms. The van der Waals surface area contributed by atoms with Gasteiger partial charge in [-0.1, -0.05) is 18.2 Å². The van der Waals surface area contributed by atoms with Crippen LogP contribution in [0.25, 0.3) is 10.8 Å². The third-order valence-corrected chi connectivity index (χ3v) is 4.22. The van der Waals surface area contributed by atoms with Crippen molar-refractivity contribution in [2.75, 3.05) is 26.7 Å². The fourth-order valence-corrected chi connectivity index (χ4v) is 3.01. The lowest BCUT2D eigenvalue weighted by molar-refractivity contribution is 0.318. The van der Waals surface area contributed by atoms with Crippen molar-refractivity contribution in [2.24, 2.45) is 11.7 Å². The van der Waals surface area contributed by atoms with E-state index in [-0.39, 0.29) is 12.4 Å². The van der Waals surface area contributed by atoms with Gasteiger partial charge in [-0.15, -0.1) is 12.4 Å². The Kier molecular flexibility index (Phi) is 5.45. The topological polar surface area (TPSA) is 38.5 Å². The van der Waals surface area contributed by atoms with Crippen molar-refractivity contribution >= 4 is 23.2 Å². The number of fused-ring (bicyclic) bond motifs is 1. The van der Waals surface area contributed by atoms with Crippen LogP contribution in [0.5, 0.6) is 5.75 Å². The molecule has 1 aliphatic rings. The summed E-state index contributed by atoms with van der Waals surface area (Å²) < 4.78 is 5.26. The van der Waals surface area contributed by atoms with Crippen molar-refractivity contribution in [1.82, 2.24) is 4.90 Å². The monoisotopic (exact) mass is 306 g/mol. The Morgan fingerprint density at radius 1 is 1.19 bits per heavy atom. The molecule has 2 aromatic carbocycles. The van der Waals surface area contributed by atoms with Crippen molar-refractivity contribution in [3.05, 3.63) is 42.0 Å². The zero-order chi connectivity index (χ0) is 13.9. The van der Waals surface area contributed by atoms with Gasteiger partial charge in [0.25, 0.3) is 0 Å². The van der Waals surface area contributed by atoms with Crippen molar-refractivity contribution in [2.45, 2.75) is 13.0 Å². The first-order valence-electron chi connectivity index (χ1n) is 7.27. The molecule has 2 aromatic rings. The highest BCUT2D eigenvalue weighted by molar-refractivity contribution is 5.85. The number of nitrogens with two attached hydrogens (primary N) is 1. The number of methoxy groups -OCH3 is 1. The number of nitrogens with zero attached hydrogens (tertiary/aromatic N) is 1. The van der Waals surface area contributed by atoms with Gasteiger partial charge in [-0.2, -0.15) is 0 Å². The predicted molar refractivity (Wildman–Crippen MR) is 90.2 cm³/mol. The minimum atomic E-state index is 0. The second-order valence-corrected chi connectivity index (χ2v) is 5.67. The van der Waals surface area contributed by atoms with Crippen LogP contribution >= 0.6 is 12.4 Å². The maximum absolute atomic E-state index is 5.75. The molecule has 1 aliphatic heterocycles. The SMILES string of the molecule is COc1ccc2cc(CN3CCC(CN)C3)ccc2c1.Cl. The average molecular weight is 307 g/mol. The molecule has 0 saturated carbocycles. The van der Waals surface area contributed by atoms with Gasteiger partial charge in [0.05, 0.1) is 7.11 Å². The summed E-state index contributed by atoms with van der Waals surface area (Å²) in [5.74, 6) is 1.59. The molecule has 114 valence electrons. The largest absolute Gasteiger partial charge is 0.497 e. The predicted octanol–water partition coefficient (Wildman–Crippen LogP) is 3.05. The Morgan fingerprint density at radius 3 is 2.67 bits per heavy atom. The molecule has 3 nitrogen and oxygen atoms in total. The molecule has 1 heterocycles. The van der Waals surface area contributed by atoms with E-state index in [1.807, 2.05) is 6.07 Å². The molecule has 0 amide bonds. The molecular weight excluding hydrogens is 284 g/mol. The quantitative estimate of drug-likeness (QED) is 0.943. The van der Waals surface area contributed by atoms with E-state index in [1.54, 1.807) is 7.11 Å². The van der Waals surface area contributed by atoms with Crippen LogP contribution in [0.15, 0.2) is 36.4 Å². The number of hydrogen-bond donors (Lipinski definition) is 1. The summed E-state index contributed by atoms with van der Waals surface area (Å²) in [4.78, 5) is 2.50. The van der Waals surface area contributed by atoms with E-state index >= 15 is 0 Å². The zero-order valence-corrected chi connectivity index (χ0v) is 13.2. The van der Waals surface area contributed by atoms with Gasteiger partial charge in [0.2, 0.25) is 0 Å². The summed E-state index contributed by atoms with van der Waals surface area (Å²) in [6.45, 7) is 4.14. The molecule has 0 radical (unpaired) electrons. The second kappa shape index (κ2) is 7.12. The summed E-state index contributed by atoms with van der Waals surface area (Å²) in [6, 6.07) is 12.9. The van der Waals surface area contributed by atoms with Crippen LogP contribution in [0, 0.1) is 5.92 Å². The standard InChI is InChI=1S/C17H22N2O.ClH/c1-20-17-5-4-15-8-13(2-3-16(15)9-17)11-19-7-6-14(10-18)12-19;/h2-5,8-9,14H,6-7,10-12,18H2,1H3;1H. The summed E-state index contributed by atoms with van der Waals surface area (Å²) in [7, 11) is 1.71. The number of rotatable bonds is 4. The van der Waals surface area contributed by atoms with E-state index < -0.39 is 0 Å². The minimum Gasteiger partial charge on any atom is -0.497 e. The Balaban J connectivity index is 0.00000161. The van der Waals surface area contributed by atoms with Crippen LogP contribution in [0.2, 0.25) is 0 Å².